The molecule has 8 rings (SSSR count). The Morgan fingerprint density at radius 2 is 0.562 bits per heavy atom. The van der Waals surface area contributed by atoms with Gasteiger partial charge in [-0.1, -0.05) is 72.8 Å². The van der Waals surface area contributed by atoms with Crippen molar-refractivity contribution >= 4 is 59.2 Å². The van der Waals surface area contributed by atoms with Crippen molar-refractivity contribution in [2.75, 3.05) is 66.5 Å². The number of hydrogen-bond donors (Lipinski definition) is 2. The van der Waals surface area contributed by atoms with Crippen LogP contribution in [-0.4, -0.2) is 145 Å². The number of carbonyl (C=O) groups excluding carboxylic acids is 10. The average molecular weight is 1100 g/mol. The average Bonchev–Trinajstić information content (AvgIpc) is 3.63. The summed E-state index contributed by atoms with van der Waals surface area (Å²) in [5.41, 5.74) is 2.60. The van der Waals surface area contributed by atoms with E-state index in [1.807, 2.05) is 128 Å². The van der Waals surface area contributed by atoms with Crippen molar-refractivity contribution in [2.45, 2.75) is 103 Å². The van der Waals surface area contributed by atoms with Crippen LogP contribution in [0, 0.1) is 0 Å². The summed E-state index contributed by atoms with van der Waals surface area (Å²) in [6.45, 7) is 19.5. The zero-order chi connectivity index (χ0) is 59.1. The van der Waals surface area contributed by atoms with Crippen molar-refractivity contribution in [1.29, 1.82) is 0 Å². The van der Waals surface area contributed by atoms with Gasteiger partial charge >= 0.3 is 0 Å². The number of aliphatic carboxylic acids is 2. The van der Waals surface area contributed by atoms with Crippen molar-refractivity contribution in [2.24, 2.45) is 0 Å². The van der Waals surface area contributed by atoms with E-state index >= 15 is 0 Å². The van der Waals surface area contributed by atoms with Gasteiger partial charge in [0.15, 0.2) is 0 Å². The first-order chi connectivity index (χ1) is 37.6. The lowest BCUT2D eigenvalue weighted by molar-refractivity contribution is -0.879. The number of fused-ring (bicyclic) bond motifs is 4. The van der Waals surface area contributed by atoms with Gasteiger partial charge in [-0.3, -0.25) is 58.0 Å². The van der Waals surface area contributed by atoms with Gasteiger partial charge < -0.3 is 29.6 Å². The number of benzene rings is 4. The Hall–Kier alpha value is -7.96. The molecule has 0 fully saturated rings. The second kappa shape index (κ2) is 25.0. The second-order valence-electron chi connectivity index (χ2n) is 23.0. The number of quaternary nitrogens is 2. The van der Waals surface area contributed by atoms with E-state index in [1.165, 1.54) is 29.4 Å². The highest BCUT2D eigenvalue weighted by Gasteiger charge is 2.47. The summed E-state index contributed by atoms with van der Waals surface area (Å²) >= 11 is 0. The highest BCUT2D eigenvalue weighted by molar-refractivity contribution is 6.15. The van der Waals surface area contributed by atoms with E-state index < -0.39 is 33.6 Å². The molecule has 4 aromatic rings. The fourth-order valence-corrected chi connectivity index (χ4v) is 11.0. The SMILES string of the molecule is C[NH+](CCCN1C(=O)c2ccccc2C(C)(C)C1=O)CCCN1C(=O)c2ccccc2C(C)(C)C1=O.C[NH+](CCCN1C(=O)c2ccccc2C(C)(C)C1=O)CCCN1C(=O)c2ccccc2C(C)(C)C1=O.O=C([O-])/C=C/C(=O)[O-]. The van der Waals surface area contributed by atoms with Gasteiger partial charge in [0.25, 0.3) is 23.6 Å². The number of carboxylic acid groups (broad SMARTS) is 2. The van der Waals surface area contributed by atoms with Crippen molar-refractivity contribution < 1.29 is 68.0 Å². The number of carbonyl (C=O) groups is 10. The highest BCUT2D eigenvalue weighted by atomic mass is 16.4. The summed E-state index contributed by atoms with van der Waals surface area (Å²) in [6, 6.07) is 29.4. The number of rotatable bonds is 18. The van der Waals surface area contributed by atoms with Gasteiger partial charge in [0, 0.05) is 74.1 Å². The van der Waals surface area contributed by atoms with Crippen LogP contribution in [0.3, 0.4) is 0 Å². The van der Waals surface area contributed by atoms with Crippen LogP contribution >= 0.6 is 0 Å². The largest absolute Gasteiger partial charge is 0.545 e. The molecule has 0 spiro atoms. The summed E-state index contributed by atoms with van der Waals surface area (Å²) in [7, 11) is 4.11. The molecular weight excluding hydrogens is 1020 g/mol. The summed E-state index contributed by atoms with van der Waals surface area (Å²) in [5, 5.41) is 18.8. The second-order valence-corrected chi connectivity index (χ2v) is 23.0. The molecule has 4 aromatic carbocycles. The molecule has 0 unspecified atom stereocenters. The maximum Gasteiger partial charge on any atom is 0.260 e. The number of carboxylic acids is 2. The van der Waals surface area contributed by atoms with E-state index in [0.717, 1.165) is 48.4 Å². The standard InChI is InChI=1S/2C29H35N3O4.C4H4O4/c2*1-28(2)22-14-8-6-12-20(22)24(33)31(26(28)35)18-10-16-30(5)17-11-19-32-25(34)21-13-7-9-15-23(21)29(3,4)27(32)36;5-3(6)1-2-4(7)8/h2*6-9,12-15H,10-11,16-19H2,1-5H3;1-2H,(H,5,6)(H,7,8)/b;;2-1+. The molecule has 0 atom stereocenters. The van der Waals surface area contributed by atoms with E-state index in [4.69, 9.17) is 0 Å². The van der Waals surface area contributed by atoms with Crippen molar-refractivity contribution in [3.63, 3.8) is 0 Å². The number of imide groups is 4. The van der Waals surface area contributed by atoms with E-state index in [1.54, 1.807) is 24.3 Å². The molecule has 8 amide bonds. The maximum atomic E-state index is 13.1. The first-order valence-electron chi connectivity index (χ1n) is 27.1. The first-order valence-corrected chi connectivity index (χ1v) is 27.1. The van der Waals surface area contributed by atoms with Crippen LogP contribution < -0.4 is 20.0 Å². The lowest BCUT2D eigenvalue weighted by Crippen LogP contribution is -3.09. The molecule has 2 N–H and O–H groups in total. The van der Waals surface area contributed by atoms with Gasteiger partial charge in [-0.2, -0.15) is 0 Å². The Morgan fingerprint density at radius 1 is 0.375 bits per heavy atom. The normalized spacial score (nSPS) is 17.6. The molecule has 80 heavy (non-hydrogen) atoms. The van der Waals surface area contributed by atoms with E-state index in [9.17, 15) is 58.2 Å². The fraction of sp³-hybridized carbons (Fsp3) is 0.419. The Morgan fingerprint density at radius 3 is 0.750 bits per heavy atom. The molecule has 4 heterocycles. The van der Waals surface area contributed by atoms with Crippen LogP contribution in [-0.2, 0) is 50.4 Å². The van der Waals surface area contributed by atoms with Crippen LogP contribution in [0.2, 0.25) is 0 Å². The van der Waals surface area contributed by atoms with Crippen molar-refractivity contribution in [3.8, 4) is 0 Å². The predicted molar refractivity (Wildman–Crippen MR) is 293 cm³/mol. The molecule has 0 aromatic heterocycles. The molecule has 0 bridgehead atoms. The third kappa shape index (κ3) is 12.9. The Labute approximate surface area is 468 Å². The van der Waals surface area contributed by atoms with E-state index in [2.05, 4.69) is 14.1 Å². The highest BCUT2D eigenvalue weighted by Crippen LogP contribution is 2.38. The van der Waals surface area contributed by atoms with Crippen LogP contribution in [0.4, 0.5) is 0 Å². The van der Waals surface area contributed by atoms with Crippen molar-refractivity contribution in [1.82, 2.24) is 19.6 Å². The molecule has 0 saturated heterocycles. The van der Waals surface area contributed by atoms with Gasteiger partial charge in [0.05, 0.1) is 73.9 Å². The Kier molecular flexibility index (Phi) is 19.2. The molecule has 0 saturated carbocycles. The van der Waals surface area contributed by atoms with Gasteiger partial charge in [0.2, 0.25) is 23.6 Å². The molecule has 4 aliphatic rings. The fourth-order valence-electron chi connectivity index (χ4n) is 11.0. The first kappa shape index (κ1) is 61.3. The summed E-state index contributed by atoms with van der Waals surface area (Å²) in [5.74, 6) is -4.63. The predicted octanol–water partition coefficient (Wildman–Crippen LogP) is 1.45. The van der Waals surface area contributed by atoms with Gasteiger partial charge in [-0.15, -0.1) is 0 Å². The molecule has 424 valence electrons. The molecule has 0 radical (unpaired) electrons. The minimum Gasteiger partial charge on any atom is -0.545 e. The minimum atomic E-state index is -1.55. The summed E-state index contributed by atoms with van der Waals surface area (Å²) in [4.78, 5) is 131. The summed E-state index contributed by atoms with van der Waals surface area (Å²) < 4.78 is 0. The van der Waals surface area contributed by atoms with Crippen molar-refractivity contribution in [3.05, 3.63) is 154 Å². The molecule has 18 nitrogen and oxygen atoms in total. The molecular formula is C62H74N6O12. The number of amides is 8. The molecule has 18 heteroatoms. The Balaban J connectivity index is 0.000000227. The van der Waals surface area contributed by atoms with Crippen LogP contribution in [0.25, 0.3) is 0 Å². The lowest BCUT2D eigenvalue weighted by Gasteiger charge is -2.37. The van der Waals surface area contributed by atoms with E-state index in [0.29, 0.717) is 86.3 Å². The van der Waals surface area contributed by atoms with E-state index in [-0.39, 0.29) is 47.3 Å². The van der Waals surface area contributed by atoms with Gasteiger partial charge in [-0.25, -0.2) is 0 Å². The lowest BCUT2D eigenvalue weighted by atomic mass is 9.77. The quantitative estimate of drug-likeness (QED) is 0.106. The smallest absolute Gasteiger partial charge is 0.260 e. The van der Waals surface area contributed by atoms with Gasteiger partial charge in [-0.05, 0) is 114 Å². The monoisotopic (exact) mass is 1090 g/mol. The molecule has 0 aliphatic carbocycles. The zero-order valence-corrected chi connectivity index (χ0v) is 47.6. The van der Waals surface area contributed by atoms with Crippen LogP contribution in [0.15, 0.2) is 109 Å². The van der Waals surface area contributed by atoms with Crippen LogP contribution in [0.1, 0.15) is 145 Å². The Bertz CT molecular complexity index is 2730. The number of hydrogen-bond acceptors (Lipinski definition) is 12. The maximum absolute atomic E-state index is 13.1. The minimum absolute atomic E-state index is 0.158. The zero-order valence-electron chi connectivity index (χ0n) is 47.6. The topological polar surface area (TPSA) is 239 Å². The number of nitrogens with zero attached hydrogens (tertiary/aromatic N) is 4. The summed E-state index contributed by atoms with van der Waals surface area (Å²) in [6.07, 6.45) is 3.50. The third-order valence-electron chi connectivity index (χ3n) is 15.7. The van der Waals surface area contributed by atoms with Crippen LogP contribution in [0.5, 0.6) is 0 Å². The van der Waals surface area contributed by atoms with Gasteiger partial charge in [0.1, 0.15) is 0 Å². The number of nitrogens with one attached hydrogen (secondary N) is 2. The third-order valence-corrected chi connectivity index (χ3v) is 15.7. The molecule has 4 aliphatic heterocycles.